The summed E-state index contributed by atoms with van der Waals surface area (Å²) in [6.45, 7) is 8.43. The van der Waals surface area contributed by atoms with Crippen LogP contribution in [0.5, 0.6) is 0 Å². The van der Waals surface area contributed by atoms with E-state index in [1.54, 1.807) is 12.1 Å². The second-order valence-electron chi connectivity index (χ2n) is 5.88. The Labute approximate surface area is 168 Å². The summed E-state index contributed by atoms with van der Waals surface area (Å²) < 4.78 is 12.9. The van der Waals surface area contributed by atoms with Gasteiger partial charge in [-0.3, -0.25) is 0 Å². The van der Waals surface area contributed by atoms with Crippen LogP contribution in [0.2, 0.25) is 0 Å². The summed E-state index contributed by atoms with van der Waals surface area (Å²) in [6, 6.07) is 6.74. The number of aliphatic hydroxyl groups is 1. The number of hydrogen-bond acceptors (Lipinski definition) is 2. The second kappa shape index (κ2) is 10.4. The summed E-state index contributed by atoms with van der Waals surface area (Å²) in [5.74, 6) is -0.224. The molecule has 3 N–H and O–H groups in total. The molecule has 1 aliphatic heterocycles. The average Bonchev–Trinajstić information content (AvgIpc) is 2.54. The van der Waals surface area contributed by atoms with Crippen LogP contribution in [0.4, 0.5) is 4.39 Å². The second-order valence-corrected chi connectivity index (χ2v) is 5.88. The van der Waals surface area contributed by atoms with Crippen molar-refractivity contribution in [2.75, 3.05) is 6.54 Å². The summed E-state index contributed by atoms with van der Waals surface area (Å²) in [5.41, 5.74) is 8.58. The van der Waals surface area contributed by atoms with Crippen LogP contribution in [0.15, 0.2) is 60.7 Å². The predicted molar refractivity (Wildman–Crippen MR) is 92.6 cm³/mol. The fraction of sp³-hybridized carbons (Fsp3) is 0.368. The van der Waals surface area contributed by atoms with Crippen LogP contribution in [0.25, 0.3) is 5.32 Å². The van der Waals surface area contributed by atoms with Gasteiger partial charge in [0.2, 0.25) is 0 Å². The fourth-order valence-corrected chi connectivity index (χ4v) is 2.75. The quantitative estimate of drug-likeness (QED) is 0.806. The molecule has 3 rings (SSSR count). The van der Waals surface area contributed by atoms with Crippen LogP contribution in [-0.4, -0.2) is 23.8 Å². The molecular weight excluding hydrogens is 380 g/mol. The number of rotatable bonds is 3. The van der Waals surface area contributed by atoms with Gasteiger partial charge in [0.15, 0.2) is 0 Å². The zero-order valence-electron chi connectivity index (χ0n) is 13.9. The zero-order valence-corrected chi connectivity index (χ0v) is 16.7. The third-order valence-electron chi connectivity index (χ3n) is 4.16. The molecule has 0 bridgehead atoms. The molecule has 1 atom stereocenters. The smallest absolute Gasteiger partial charge is 0.123 e. The molecule has 127 valence electrons. The SMILES string of the molecule is C=CC1=C(C=C)[C@H](c2ccc(F)cc2)[N-]CC1.NC1CC(O)C1.[Y]. The van der Waals surface area contributed by atoms with E-state index in [-0.39, 0.29) is 50.7 Å². The summed E-state index contributed by atoms with van der Waals surface area (Å²) in [4.78, 5) is 0. The molecule has 24 heavy (non-hydrogen) atoms. The van der Waals surface area contributed by atoms with Crippen molar-refractivity contribution in [3.8, 4) is 0 Å². The van der Waals surface area contributed by atoms with Gasteiger partial charge in [-0.25, -0.2) is 4.39 Å². The molecule has 1 saturated carbocycles. The first-order valence-electron chi connectivity index (χ1n) is 7.88. The van der Waals surface area contributed by atoms with E-state index in [9.17, 15) is 4.39 Å². The molecule has 2 aliphatic rings. The Morgan fingerprint density at radius 1 is 1.17 bits per heavy atom. The number of hydrogen-bond donors (Lipinski definition) is 2. The van der Waals surface area contributed by atoms with Gasteiger partial charge in [0.25, 0.3) is 0 Å². The largest absolute Gasteiger partial charge is 0.652 e. The van der Waals surface area contributed by atoms with Crippen molar-refractivity contribution in [3.05, 3.63) is 77.4 Å². The van der Waals surface area contributed by atoms with Gasteiger partial charge in [-0.05, 0) is 37.0 Å². The van der Waals surface area contributed by atoms with Crippen LogP contribution in [0.3, 0.4) is 0 Å². The minimum Gasteiger partial charge on any atom is -0.652 e. The molecular formula is C19H24FN2OY-. The molecule has 1 fully saturated rings. The van der Waals surface area contributed by atoms with Crippen molar-refractivity contribution in [1.29, 1.82) is 0 Å². The normalized spacial score (nSPS) is 25.5. The Morgan fingerprint density at radius 3 is 2.21 bits per heavy atom. The number of nitrogens with zero attached hydrogens (tertiary/aromatic N) is 1. The Kier molecular flexibility index (Phi) is 9.24. The van der Waals surface area contributed by atoms with E-state index in [0.717, 1.165) is 36.9 Å². The van der Waals surface area contributed by atoms with Crippen molar-refractivity contribution in [3.63, 3.8) is 0 Å². The Morgan fingerprint density at radius 2 is 1.79 bits per heavy atom. The number of allylic oxidation sites excluding steroid dienone is 1. The molecule has 3 nitrogen and oxygen atoms in total. The van der Waals surface area contributed by atoms with E-state index in [0.29, 0.717) is 6.04 Å². The van der Waals surface area contributed by atoms with Gasteiger partial charge < -0.3 is 16.2 Å². The maximum absolute atomic E-state index is 12.9. The third-order valence-corrected chi connectivity index (χ3v) is 4.16. The molecule has 0 spiro atoms. The van der Waals surface area contributed by atoms with Gasteiger partial charge in [0, 0.05) is 38.8 Å². The summed E-state index contributed by atoms with van der Waals surface area (Å²) >= 11 is 0. The molecule has 0 saturated heterocycles. The average molecular weight is 404 g/mol. The van der Waals surface area contributed by atoms with Crippen molar-refractivity contribution in [2.24, 2.45) is 5.73 Å². The van der Waals surface area contributed by atoms with E-state index in [1.165, 1.54) is 17.7 Å². The maximum atomic E-state index is 12.9. The van der Waals surface area contributed by atoms with Crippen LogP contribution >= 0.6 is 0 Å². The van der Waals surface area contributed by atoms with Gasteiger partial charge in [-0.15, -0.1) is 6.54 Å². The molecule has 5 heteroatoms. The summed E-state index contributed by atoms with van der Waals surface area (Å²) in [5, 5.41) is 13.1. The Balaban J connectivity index is 0.000000349. The molecule has 0 aromatic heterocycles. The zero-order chi connectivity index (χ0) is 16.8. The van der Waals surface area contributed by atoms with Crippen molar-refractivity contribution >= 4 is 0 Å². The van der Waals surface area contributed by atoms with Gasteiger partial charge in [-0.1, -0.05) is 54.6 Å². The third kappa shape index (κ3) is 5.71. The van der Waals surface area contributed by atoms with Crippen molar-refractivity contribution in [2.45, 2.75) is 37.5 Å². The molecule has 1 aliphatic carbocycles. The monoisotopic (exact) mass is 404 g/mol. The molecule has 0 unspecified atom stereocenters. The molecule has 1 aromatic carbocycles. The summed E-state index contributed by atoms with van der Waals surface area (Å²) in [7, 11) is 0. The van der Waals surface area contributed by atoms with Crippen LogP contribution in [0.1, 0.15) is 30.9 Å². The number of aliphatic hydroxyl groups excluding tert-OH is 1. The van der Waals surface area contributed by atoms with E-state index in [4.69, 9.17) is 10.8 Å². The number of halogens is 1. The maximum Gasteiger partial charge on any atom is 0.123 e. The van der Waals surface area contributed by atoms with Gasteiger partial charge in [-0.2, -0.15) is 0 Å². The summed E-state index contributed by atoms with van der Waals surface area (Å²) in [6.07, 6.45) is 6.12. The minimum absolute atomic E-state index is 0. The predicted octanol–water partition coefficient (Wildman–Crippen LogP) is 3.78. The minimum atomic E-state index is -0.224. The van der Waals surface area contributed by atoms with Crippen LogP contribution < -0.4 is 5.73 Å². The van der Waals surface area contributed by atoms with E-state index < -0.39 is 0 Å². The fourth-order valence-electron chi connectivity index (χ4n) is 2.75. The molecule has 1 radical (unpaired) electrons. The molecule has 1 aromatic rings. The van der Waals surface area contributed by atoms with Crippen molar-refractivity contribution < 1.29 is 42.2 Å². The van der Waals surface area contributed by atoms with Gasteiger partial charge in [0.05, 0.1) is 6.10 Å². The Bertz CT molecular complexity index is 574. The topological polar surface area (TPSA) is 60.4 Å². The van der Waals surface area contributed by atoms with Crippen LogP contribution in [-0.2, 0) is 32.7 Å². The first-order chi connectivity index (χ1) is 11.0. The molecule has 1 heterocycles. The number of nitrogens with two attached hydrogens (primary N) is 1. The van der Waals surface area contributed by atoms with E-state index in [1.807, 2.05) is 12.2 Å². The first-order valence-corrected chi connectivity index (χ1v) is 7.88. The van der Waals surface area contributed by atoms with Gasteiger partial charge >= 0.3 is 0 Å². The van der Waals surface area contributed by atoms with E-state index >= 15 is 0 Å². The van der Waals surface area contributed by atoms with Crippen molar-refractivity contribution in [1.82, 2.24) is 0 Å². The Hall–Kier alpha value is -0.646. The van der Waals surface area contributed by atoms with E-state index in [2.05, 4.69) is 18.5 Å². The first kappa shape index (κ1) is 21.4. The standard InChI is InChI=1S/C15H15FN.C4H9NO.Y/c1-3-11-9-10-17-15(14(11)4-2)12-5-7-13(16)8-6-12;5-3-1-4(6)2-3;/h3-8,15H,1-2,9-10H2;3-4,6H,1-2,5H2;/q-1;;/t15-;;/m0../s1. The number of benzene rings is 1. The van der Waals surface area contributed by atoms with Crippen LogP contribution in [0, 0.1) is 5.82 Å². The van der Waals surface area contributed by atoms with Gasteiger partial charge in [0.1, 0.15) is 5.82 Å². The molecule has 0 amide bonds.